The number of rotatable bonds is 9. The van der Waals surface area contributed by atoms with Crippen molar-refractivity contribution in [2.75, 3.05) is 4.72 Å². The monoisotopic (exact) mass is 632 g/mol. The molecule has 0 radical (unpaired) electrons. The van der Waals surface area contributed by atoms with E-state index >= 15 is 0 Å². The van der Waals surface area contributed by atoms with E-state index in [9.17, 15) is 8.42 Å². The summed E-state index contributed by atoms with van der Waals surface area (Å²) in [7, 11) is 0. The molecule has 39 heavy (non-hydrogen) atoms. The van der Waals surface area contributed by atoms with Crippen molar-refractivity contribution < 1.29 is 16.8 Å². The van der Waals surface area contributed by atoms with Crippen molar-refractivity contribution >= 4 is 68.7 Å². The molecule has 210 valence electrons. The number of nitrogens with one attached hydrogen (secondary N) is 3. The summed E-state index contributed by atoms with van der Waals surface area (Å²) in [4.78, 5) is 0. The molecule has 3 N–H and O–H groups in total. The van der Waals surface area contributed by atoms with Crippen LogP contribution in [0.5, 0.6) is 11.5 Å². The number of aromatic nitrogens is 4. The second kappa shape index (κ2) is 11.3. The zero-order valence-corrected chi connectivity index (χ0v) is 25.8. The summed E-state index contributed by atoms with van der Waals surface area (Å²) in [5.74, 6) is 0.918. The summed E-state index contributed by atoms with van der Waals surface area (Å²) >= 11 is 14.6. The van der Waals surface area contributed by atoms with Gasteiger partial charge in [-0.05, 0) is 44.5 Å². The summed E-state index contributed by atoms with van der Waals surface area (Å²) in [6.07, 6.45) is 0. The van der Waals surface area contributed by atoms with Crippen molar-refractivity contribution in [1.29, 1.82) is 0 Å². The standard InChI is InChI=1S/C24H27Cl3N6O4S2/c1-13-7-9-15(31-38(34)37-18-11-14(25)8-10-16(18)26)12-17(13)36-39(35)32-24(5,6)22-29-28-21-19(27)20(23(2,3)4)30-33(21)22/h7-12,30-32H,1-6H3. The zero-order valence-electron chi connectivity index (χ0n) is 21.9. The fraction of sp³-hybridized carbons (Fsp3) is 0.333. The molecular formula is C24H27Cl3N6O4S2. The largest absolute Gasteiger partial charge is 0.389 e. The number of aryl methyl sites for hydroxylation is 1. The van der Waals surface area contributed by atoms with Crippen LogP contribution in [-0.2, 0) is 33.5 Å². The summed E-state index contributed by atoms with van der Waals surface area (Å²) in [6, 6.07) is 9.54. The van der Waals surface area contributed by atoms with Crippen molar-refractivity contribution in [1.82, 2.24) is 24.5 Å². The molecule has 2 aromatic heterocycles. The van der Waals surface area contributed by atoms with Gasteiger partial charge in [-0.3, -0.25) is 9.82 Å². The maximum absolute atomic E-state index is 13.0. The maximum Gasteiger partial charge on any atom is 0.316 e. The number of benzene rings is 2. The molecular weight excluding hydrogens is 607 g/mol. The minimum Gasteiger partial charge on any atom is -0.389 e. The average molecular weight is 634 g/mol. The van der Waals surface area contributed by atoms with Crippen LogP contribution in [0, 0.1) is 6.92 Å². The highest BCUT2D eigenvalue weighted by atomic mass is 35.5. The Hall–Kier alpha value is -2.35. The van der Waals surface area contributed by atoms with Gasteiger partial charge in [-0.15, -0.1) is 10.2 Å². The number of anilines is 1. The van der Waals surface area contributed by atoms with Crippen LogP contribution in [0.1, 0.15) is 51.7 Å². The van der Waals surface area contributed by atoms with Gasteiger partial charge in [-0.1, -0.05) is 61.6 Å². The van der Waals surface area contributed by atoms with E-state index in [0.29, 0.717) is 38.5 Å². The Morgan fingerprint density at radius 1 is 0.923 bits per heavy atom. The normalized spacial score (nSPS) is 13.9. The van der Waals surface area contributed by atoms with Crippen LogP contribution in [0.3, 0.4) is 0 Å². The van der Waals surface area contributed by atoms with Gasteiger partial charge in [0.1, 0.15) is 10.8 Å². The summed E-state index contributed by atoms with van der Waals surface area (Å²) in [5.41, 5.74) is 1.20. The molecule has 0 bridgehead atoms. The highest BCUT2D eigenvalue weighted by Crippen LogP contribution is 2.33. The highest BCUT2D eigenvalue weighted by Gasteiger charge is 2.33. The van der Waals surface area contributed by atoms with Gasteiger partial charge >= 0.3 is 11.3 Å². The lowest BCUT2D eigenvalue weighted by atomic mass is 9.92. The molecule has 0 aliphatic heterocycles. The Balaban J connectivity index is 1.47. The molecule has 2 heterocycles. The van der Waals surface area contributed by atoms with E-state index in [1.165, 1.54) is 12.1 Å². The fourth-order valence-corrected chi connectivity index (χ4v) is 5.92. The molecule has 0 aliphatic carbocycles. The first-order valence-corrected chi connectivity index (χ1v) is 14.9. The molecule has 0 saturated carbocycles. The van der Waals surface area contributed by atoms with E-state index in [0.717, 1.165) is 5.69 Å². The topological polar surface area (TPSA) is 123 Å². The second-order valence-electron chi connectivity index (χ2n) is 10.3. The van der Waals surface area contributed by atoms with Gasteiger partial charge < -0.3 is 8.37 Å². The Morgan fingerprint density at radius 2 is 1.62 bits per heavy atom. The number of nitrogens with zero attached hydrogens (tertiary/aromatic N) is 3. The molecule has 2 atom stereocenters. The maximum atomic E-state index is 13.0. The third kappa shape index (κ3) is 6.69. The van der Waals surface area contributed by atoms with Crippen molar-refractivity contribution in [2.45, 2.75) is 52.5 Å². The number of hydrogen-bond acceptors (Lipinski definition) is 6. The van der Waals surface area contributed by atoms with E-state index in [1.807, 2.05) is 20.8 Å². The van der Waals surface area contributed by atoms with Crippen LogP contribution < -0.4 is 17.8 Å². The quantitative estimate of drug-likeness (QED) is 0.202. The molecule has 0 aliphatic rings. The Labute approximate surface area is 246 Å². The number of hydrogen-bond donors (Lipinski definition) is 3. The predicted octanol–water partition coefficient (Wildman–Crippen LogP) is 6.18. The molecule has 2 unspecified atom stereocenters. The van der Waals surface area contributed by atoms with Crippen LogP contribution in [0.4, 0.5) is 5.69 Å². The van der Waals surface area contributed by atoms with Crippen molar-refractivity contribution in [3.8, 4) is 11.5 Å². The van der Waals surface area contributed by atoms with Crippen molar-refractivity contribution in [3.63, 3.8) is 0 Å². The van der Waals surface area contributed by atoms with Crippen LogP contribution in [0.15, 0.2) is 36.4 Å². The predicted molar refractivity (Wildman–Crippen MR) is 156 cm³/mol. The molecule has 0 saturated heterocycles. The first-order valence-electron chi connectivity index (χ1n) is 11.6. The molecule has 10 nitrogen and oxygen atoms in total. The molecule has 4 aromatic rings. The van der Waals surface area contributed by atoms with Gasteiger partial charge in [0.15, 0.2) is 17.2 Å². The molecule has 15 heteroatoms. The molecule has 0 amide bonds. The lowest BCUT2D eigenvalue weighted by molar-refractivity contribution is 0.427. The molecule has 2 aromatic carbocycles. The third-order valence-corrected chi connectivity index (χ3v) is 8.21. The van der Waals surface area contributed by atoms with Crippen LogP contribution in [0.25, 0.3) is 5.65 Å². The SMILES string of the molecule is Cc1ccc(NS(=O)Oc2cc(Cl)ccc2Cl)cc1OS(=O)NC(C)(C)c1nnc2c(Cl)c(C(C)(C)C)[nH]n12. The number of H-pyrrole nitrogens is 1. The summed E-state index contributed by atoms with van der Waals surface area (Å²) in [6.45, 7) is 11.5. The molecule has 0 spiro atoms. The first-order chi connectivity index (χ1) is 18.2. The number of aromatic amines is 1. The number of fused-ring (bicyclic) bond motifs is 1. The summed E-state index contributed by atoms with van der Waals surface area (Å²) < 4.78 is 43.9. The van der Waals surface area contributed by atoms with Gasteiger partial charge in [0.2, 0.25) is 0 Å². The molecule has 0 fully saturated rings. The van der Waals surface area contributed by atoms with Crippen LogP contribution >= 0.6 is 34.8 Å². The van der Waals surface area contributed by atoms with Gasteiger partial charge in [0.05, 0.1) is 21.9 Å². The van der Waals surface area contributed by atoms with E-state index in [-0.39, 0.29) is 16.2 Å². The fourth-order valence-electron chi connectivity index (χ4n) is 3.56. The second-order valence-corrected chi connectivity index (χ2v) is 13.2. The number of halogens is 3. The van der Waals surface area contributed by atoms with E-state index in [4.69, 9.17) is 43.2 Å². The molecule has 4 rings (SSSR count). The Bertz CT molecular complexity index is 1580. The van der Waals surface area contributed by atoms with Gasteiger partial charge in [-0.25, -0.2) is 4.52 Å². The smallest absolute Gasteiger partial charge is 0.316 e. The van der Waals surface area contributed by atoms with Crippen molar-refractivity contribution in [3.05, 3.63) is 68.5 Å². The van der Waals surface area contributed by atoms with Crippen LogP contribution in [0.2, 0.25) is 15.1 Å². The minimum absolute atomic E-state index is 0.159. The lowest BCUT2D eigenvalue weighted by Crippen LogP contribution is -2.41. The first kappa shape index (κ1) is 29.6. The Morgan fingerprint density at radius 3 is 2.31 bits per heavy atom. The van der Waals surface area contributed by atoms with Gasteiger partial charge in [-0.2, -0.15) is 13.1 Å². The zero-order chi connectivity index (χ0) is 28.7. The highest BCUT2D eigenvalue weighted by molar-refractivity contribution is 7.82. The van der Waals surface area contributed by atoms with Gasteiger partial charge in [0.25, 0.3) is 11.3 Å². The Kier molecular flexibility index (Phi) is 8.56. The van der Waals surface area contributed by atoms with E-state index in [2.05, 4.69) is 24.7 Å². The van der Waals surface area contributed by atoms with E-state index in [1.54, 1.807) is 49.6 Å². The lowest BCUT2D eigenvalue weighted by Gasteiger charge is -2.23. The minimum atomic E-state index is -2.00. The van der Waals surface area contributed by atoms with Crippen molar-refractivity contribution in [2.24, 2.45) is 0 Å². The average Bonchev–Trinajstić information content (AvgIpc) is 3.39. The van der Waals surface area contributed by atoms with Gasteiger partial charge in [0, 0.05) is 22.6 Å². The third-order valence-electron chi connectivity index (χ3n) is 5.56. The summed E-state index contributed by atoms with van der Waals surface area (Å²) in [5, 5.41) is 12.8. The van der Waals surface area contributed by atoms with Crippen LogP contribution in [-0.4, -0.2) is 28.2 Å². The van der Waals surface area contributed by atoms with E-state index < -0.39 is 28.1 Å².